The summed E-state index contributed by atoms with van der Waals surface area (Å²) in [7, 11) is 4.22. The Morgan fingerprint density at radius 1 is 1.28 bits per heavy atom. The summed E-state index contributed by atoms with van der Waals surface area (Å²) in [5, 5.41) is 3.35. The molecule has 0 amide bonds. The Hall–Kier alpha value is -0.890. The number of halogens is 2. The van der Waals surface area contributed by atoms with Gasteiger partial charge in [0.1, 0.15) is 5.82 Å². The Kier molecular flexibility index (Phi) is 10.3. The highest BCUT2D eigenvalue weighted by atomic mass is 127. The number of guanidine groups is 1. The number of rotatable bonds is 6. The number of hydrogen-bond donors (Lipinski definition) is 1. The Labute approximate surface area is 168 Å². The zero-order valence-electron chi connectivity index (χ0n) is 15.7. The van der Waals surface area contributed by atoms with E-state index in [4.69, 9.17) is 4.99 Å². The molecule has 2 rings (SSSR count). The molecule has 1 aliphatic heterocycles. The molecule has 0 spiro atoms. The number of piperidine rings is 1. The van der Waals surface area contributed by atoms with E-state index in [-0.39, 0.29) is 29.8 Å². The van der Waals surface area contributed by atoms with Gasteiger partial charge in [-0.3, -0.25) is 4.99 Å². The van der Waals surface area contributed by atoms with Crippen LogP contribution in [0.1, 0.15) is 31.7 Å². The van der Waals surface area contributed by atoms with Crippen LogP contribution in [0.2, 0.25) is 0 Å². The largest absolute Gasteiger partial charge is 0.357 e. The Balaban J connectivity index is 0.00000312. The lowest BCUT2D eigenvalue weighted by Gasteiger charge is -2.28. The van der Waals surface area contributed by atoms with Crippen molar-refractivity contribution in [3.05, 3.63) is 35.6 Å². The van der Waals surface area contributed by atoms with Crippen LogP contribution in [0, 0.1) is 11.7 Å². The molecule has 6 heteroatoms. The fraction of sp³-hybridized carbons (Fsp3) is 0.632. The molecule has 142 valence electrons. The molecule has 25 heavy (non-hydrogen) atoms. The second kappa shape index (κ2) is 11.7. The van der Waals surface area contributed by atoms with Crippen molar-refractivity contribution in [2.24, 2.45) is 10.9 Å². The van der Waals surface area contributed by atoms with Gasteiger partial charge in [0.15, 0.2) is 5.96 Å². The summed E-state index contributed by atoms with van der Waals surface area (Å²) in [5.74, 6) is 1.53. The maximum atomic E-state index is 13.0. The van der Waals surface area contributed by atoms with E-state index in [9.17, 15) is 4.39 Å². The zero-order chi connectivity index (χ0) is 17.4. The average Bonchev–Trinajstić information content (AvgIpc) is 2.58. The topological polar surface area (TPSA) is 30.9 Å². The Bertz CT molecular complexity index is 513. The Morgan fingerprint density at radius 3 is 2.52 bits per heavy atom. The molecule has 0 saturated carbocycles. The second-order valence-corrected chi connectivity index (χ2v) is 6.75. The monoisotopic (exact) mass is 462 g/mol. The minimum absolute atomic E-state index is 0. The molecule has 1 N–H and O–H groups in total. The van der Waals surface area contributed by atoms with Crippen LogP contribution < -0.4 is 5.32 Å². The van der Waals surface area contributed by atoms with E-state index >= 15 is 0 Å². The van der Waals surface area contributed by atoms with Crippen LogP contribution in [0.25, 0.3) is 0 Å². The fourth-order valence-corrected chi connectivity index (χ4v) is 3.11. The molecule has 1 aliphatic rings. The van der Waals surface area contributed by atoms with Crippen molar-refractivity contribution in [2.45, 2.75) is 32.7 Å². The maximum Gasteiger partial charge on any atom is 0.193 e. The molecule has 0 bridgehead atoms. The minimum Gasteiger partial charge on any atom is -0.357 e. The van der Waals surface area contributed by atoms with Crippen molar-refractivity contribution in [1.29, 1.82) is 0 Å². The summed E-state index contributed by atoms with van der Waals surface area (Å²) in [6, 6.07) is 6.67. The predicted octanol–water partition coefficient (Wildman–Crippen LogP) is 3.57. The molecule has 0 aliphatic carbocycles. The molecular weight excluding hydrogens is 430 g/mol. The van der Waals surface area contributed by atoms with Gasteiger partial charge < -0.3 is 15.1 Å². The first-order chi connectivity index (χ1) is 11.6. The van der Waals surface area contributed by atoms with Crippen molar-refractivity contribution in [1.82, 2.24) is 15.1 Å². The van der Waals surface area contributed by atoms with Crippen molar-refractivity contribution < 1.29 is 4.39 Å². The van der Waals surface area contributed by atoms with Gasteiger partial charge in [-0.2, -0.15) is 0 Å². The van der Waals surface area contributed by atoms with Crippen LogP contribution in [-0.2, 0) is 6.54 Å². The highest BCUT2D eigenvalue weighted by molar-refractivity contribution is 14.0. The maximum absolute atomic E-state index is 13.0. The van der Waals surface area contributed by atoms with Gasteiger partial charge in [0.2, 0.25) is 0 Å². The lowest BCUT2D eigenvalue weighted by atomic mass is 9.94. The van der Waals surface area contributed by atoms with Crippen molar-refractivity contribution in [2.75, 3.05) is 40.3 Å². The van der Waals surface area contributed by atoms with Crippen LogP contribution in [0.4, 0.5) is 4.39 Å². The number of aliphatic imine (C=N–C) groups is 1. The van der Waals surface area contributed by atoms with E-state index in [1.54, 1.807) is 0 Å². The first-order valence-corrected chi connectivity index (χ1v) is 9.01. The van der Waals surface area contributed by atoms with Crippen molar-refractivity contribution in [3.63, 3.8) is 0 Å². The van der Waals surface area contributed by atoms with Gasteiger partial charge in [-0.05, 0) is 69.9 Å². The predicted molar refractivity (Wildman–Crippen MR) is 114 cm³/mol. The van der Waals surface area contributed by atoms with Crippen LogP contribution in [0.15, 0.2) is 29.3 Å². The summed E-state index contributed by atoms with van der Waals surface area (Å²) < 4.78 is 13.0. The second-order valence-electron chi connectivity index (χ2n) is 6.75. The number of likely N-dealkylation sites (tertiary alicyclic amines) is 1. The van der Waals surface area contributed by atoms with Gasteiger partial charge in [0.05, 0.1) is 0 Å². The first kappa shape index (κ1) is 22.2. The molecule has 1 heterocycles. The summed E-state index contributed by atoms with van der Waals surface area (Å²) in [4.78, 5) is 9.29. The fourth-order valence-electron chi connectivity index (χ4n) is 3.11. The lowest BCUT2D eigenvalue weighted by molar-refractivity contribution is 0.214. The molecule has 1 aromatic carbocycles. The minimum atomic E-state index is -0.194. The third-order valence-electron chi connectivity index (χ3n) is 4.67. The normalized spacial score (nSPS) is 16.4. The Morgan fingerprint density at radius 2 is 1.92 bits per heavy atom. The lowest BCUT2D eigenvalue weighted by Crippen LogP contribution is -2.38. The standard InChI is InChI=1S/C19H31FN4.HI/c1-4-21-19(22-12-9-16-10-13-23(2)14-11-16)24(3)15-17-5-7-18(20)8-6-17;/h5-8,16H,4,9-15H2,1-3H3,(H,21,22);1H. The third-order valence-corrected chi connectivity index (χ3v) is 4.67. The smallest absolute Gasteiger partial charge is 0.193 e. The molecule has 1 saturated heterocycles. The number of nitrogens with one attached hydrogen (secondary N) is 1. The van der Waals surface area contributed by atoms with Crippen LogP contribution in [0.5, 0.6) is 0 Å². The quantitative estimate of drug-likeness (QED) is 0.399. The zero-order valence-corrected chi connectivity index (χ0v) is 18.0. The molecule has 0 unspecified atom stereocenters. The van der Waals surface area contributed by atoms with Gasteiger partial charge in [0.25, 0.3) is 0 Å². The van der Waals surface area contributed by atoms with E-state index in [1.165, 1.54) is 38.1 Å². The van der Waals surface area contributed by atoms with Crippen LogP contribution >= 0.6 is 24.0 Å². The first-order valence-electron chi connectivity index (χ1n) is 9.01. The van der Waals surface area contributed by atoms with Gasteiger partial charge in [-0.25, -0.2) is 4.39 Å². The van der Waals surface area contributed by atoms with Crippen molar-refractivity contribution >= 4 is 29.9 Å². The molecule has 0 radical (unpaired) electrons. The number of hydrogen-bond acceptors (Lipinski definition) is 2. The van der Waals surface area contributed by atoms with Gasteiger partial charge in [-0.15, -0.1) is 24.0 Å². The summed E-state index contributed by atoms with van der Waals surface area (Å²) in [5.41, 5.74) is 1.08. The summed E-state index contributed by atoms with van der Waals surface area (Å²) in [6.07, 6.45) is 3.73. The molecule has 1 fully saturated rings. The summed E-state index contributed by atoms with van der Waals surface area (Å²) in [6.45, 7) is 6.93. The molecule has 4 nitrogen and oxygen atoms in total. The van der Waals surface area contributed by atoms with Crippen LogP contribution in [0.3, 0.4) is 0 Å². The van der Waals surface area contributed by atoms with Crippen molar-refractivity contribution in [3.8, 4) is 0 Å². The number of benzene rings is 1. The molecule has 0 aromatic heterocycles. The third kappa shape index (κ3) is 7.90. The highest BCUT2D eigenvalue weighted by Crippen LogP contribution is 2.19. The van der Waals surface area contributed by atoms with E-state index in [0.29, 0.717) is 0 Å². The average molecular weight is 462 g/mol. The molecule has 0 atom stereocenters. The van der Waals surface area contributed by atoms with E-state index < -0.39 is 0 Å². The van der Waals surface area contributed by atoms with E-state index in [1.807, 2.05) is 19.2 Å². The SMILES string of the molecule is CCNC(=NCCC1CCN(C)CC1)N(C)Cc1ccc(F)cc1.I. The van der Waals surface area contributed by atoms with Gasteiger partial charge >= 0.3 is 0 Å². The number of nitrogens with zero attached hydrogens (tertiary/aromatic N) is 3. The van der Waals surface area contributed by atoms with Gasteiger partial charge in [0, 0.05) is 26.7 Å². The van der Waals surface area contributed by atoms with Gasteiger partial charge in [-0.1, -0.05) is 12.1 Å². The highest BCUT2D eigenvalue weighted by Gasteiger charge is 2.16. The summed E-state index contributed by atoms with van der Waals surface area (Å²) >= 11 is 0. The molecular formula is C19H32FIN4. The van der Waals surface area contributed by atoms with E-state index in [0.717, 1.165) is 43.5 Å². The van der Waals surface area contributed by atoms with E-state index in [2.05, 4.69) is 29.1 Å². The molecule has 1 aromatic rings. The van der Waals surface area contributed by atoms with Crippen LogP contribution in [-0.4, -0.2) is 56.0 Å².